The first-order valence-corrected chi connectivity index (χ1v) is 13.3. The first-order chi connectivity index (χ1) is 14.6. The normalized spacial score (nSPS) is 14.7. The third-order valence-electron chi connectivity index (χ3n) is 5.92. The Labute approximate surface area is 185 Å². The maximum Gasteiger partial charge on any atom is 0.323 e. The van der Waals surface area contributed by atoms with Crippen LogP contribution >= 0.6 is 0 Å². The summed E-state index contributed by atoms with van der Waals surface area (Å²) in [6, 6.07) is 9.13. The van der Waals surface area contributed by atoms with E-state index in [1.165, 1.54) is 0 Å². The predicted octanol–water partition coefficient (Wildman–Crippen LogP) is 4.09. The molecule has 9 heteroatoms. The Bertz CT molecular complexity index is 940. The number of aromatic nitrogens is 2. The summed E-state index contributed by atoms with van der Waals surface area (Å²) in [5.41, 5.74) is 0.537. The van der Waals surface area contributed by atoms with Crippen molar-refractivity contribution in [1.29, 1.82) is 5.26 Å². The number of urea groups is 1. The van der Waals surface area contributed by atoms with E-state index in [0.717, 1.165) is 11.6 Å². The fraction of sp³-hybridized carbons (Fsp3) is 0.455. The van der Waals surface area contributed by atoms with E-state index in [2.05, 4.69) is 60.1 Å². The summed E-state index contributed by atoms with van der Waals surface area (Å²) in [4.78, 5) is 25.2. The smallest absolute Gasteiger partial charge is 0.323 e. The van der Waals surface area contributed by atoms with E-state index in [-0.39, 0.29) is 11.1 Å². The molecule has 0 spiro atoms. The standard InChI is InChI=1S/C22H30N6O2Si/c1-22(2,3)31(4,5)30-18-7-8-19(24-16-18)26-21(29)28-12-10-27(11-13-28)20-9-6-17(14-23)15-25-20/h6-9,15-16H,10-13H2,1-5H3,(H,24,26,29). The van der Waals surface area contributed by atoms with Crippen LogP contribution in [0, 0.1) is 11.3 Å². The van der Waals surface area contributed by atoms with Gasteiger partial charge >= 0.3 is 6.03 Å². The molecule has 0 saturated carbocycles. The molecule has 1 N–H and O–H groups in total. The minimum absolute atomic E-state index is 0.106. The van der Waals surface area contributed by atoms with Gasteiger partial charge in [0.2, 0.25) is 0 Å². The number of nitrogens with zero attached hydrogens (tertiary/aromatic N) is 5. The summed E-state index contributed by atoms with van der Waals surface area (Å²) >= 11 is 0. The molecule has 8 nitrogen and oxygen atoms in total. The van der Waals surface area contributed by atoms with Crippen LogP contribution in [0.3, 0.4) is 0 Å². The zero-order valence-corrected chi connectivity index (χ0v) is 19.8. The molecule has 1 aliphatic rings. The van der Waals surface area contributed by atoms with E-state index in [9.17, 15) is 4.79 Å². The number of amides is 2. The molecule has 0 atom stereocenters. The van der Waals surface area contributed by atoms with Crippen molar-refractivity contribution in [2.75, 3.05) is 36.4 Å². The Morgan fingerprint density at radius 2 is 1.81 bits per heavy atom. The van der Waals surface area contributed by atoms with Crippen molar-refractivity contribution in [3.05, 3.63) is 42.2 Å². The molecule has 2 aromatic heterocycles. The molecule has 1 fully saturated rings. The number of nitriles is 1. The maximum atomic E-state index is 12.6. The number of nitrogens with one attached hydrogen (secondary N) is 1. The van der Waals surface area contributed by atoms with Crippen LogP contribution in [0.5, 0.6) is 5.75 Å². The second-order valence-electron chi connectivity index (χ2n) is 9.16. The topological polar surface area (TPSA) is 94.4 Å². The minimum atomic E-state index is -1.92. The lowest BCUT2D eigenvalue weighted by Crippen LogP contribution is -2.50. The quantitative estimate of drug-likeness (QED) is 0.723. The van der Waals surface area contributed by atoms with Crippen molar-refractivity contribution in [3.8, 4) is 11.8 Å². The molecular formula is C22H30N6O2Si. The van der Waals surface area contributed by atoms with Crippen molar-refractivity contribution in [2.45, 2.75) is 38.9 Å². The molecule has 0 aliphatic carbocycles. The average molecular weight is 439 g/mol. The SMILES string of the molecule is CC(C)(C)[Si](C)(C)Oc1ccc(NC(=O)N2CCN(c3ccc(C#N)cn3)CC2)nc1. The van der Waals surface area contributed by atoms with Gasteiger partial charge in [0.1, 0.15) is 23.5 Å². The highest BCUT2D eigenvalue weighted by molar-refractivity contribution is 6.74. The van der Waals surface area contributed by atoms with Crippen LogP contribution in [0.25, 0.3) is 0 Å². The van der Waals surface area contributed by atoms with Crippen LogP contribution < -0.4 is 14.6 Å². The fourth-order valence-electron chi connectivity index (χ4n) is 2.93. The molecule has 2 amide bonds. The molecule has 3 rings (SSSR count). The Hall–Kier alpha value is -3.12. The van der Waals surface area contributed by atoms with Crippen molar-refractivity contribution < 1.29 is 9.22 Å². The zero-order chi connectivity index (χ0) is 22.6. The number of carbonyl (C=O) groups excluding carboxylic acids is 1. The molecule has 31 heavy (non-hydrogen) atoms. The summed E-state index contributed by atoms with van der Waals surface area (Å²) in [7, 11) is -1.92. The Morgan fingerprint density at radius 3 is 2.32 bits per heavy atom. The largest absolute Gasteiger partial charge is 0.542 e. The second kappa shape index (κ2) is 8.94. The Kier molecular flexibility index (Phi) is 6.50. The predicted molar refractivity (Wildman–Crippen MR) is 124 cm³/mol. The zero-order valence-electron chi connectivity index (χ0n) is 18.8. The number of anilines is 2. The van der Waals surface area contributed by atoms with Gasteiger partial charge in [0.25, 0.3) is 8.32 Å². The van der Waals surface area contributed by atoms with Crippen molar-refractivity contribution in [3.63, 3.8) is 0 Å². The minimum Gasteiger partial charge on any atom is -0.542 e. The number of carbonyl (C=O) groups is 1. The second-order valence-corrected chi connectivity index (χ2v) is 13.9. The molecule has 0 radical (unpaired) electrons. The van der Waals surface area contributed by atoms with E-state index in [1.807, 2.05) is 12.1 Å². The highest BCUT2D eigenvalue weighted by atomic mass is 28.4. The molecule has 1 aliphatic heterocycles. The molecular weight excluding hydrogens is 408 g/mol. The fourth-order valence-corrected chi connectivity index (χ4v) is 3.95. The molecule has 0 unspecified atom stereocenters. The van der Waals surface area contributed by atoms with Crippen molar-refractivity contribution in [1.82, 2.24) is 14.9 Å². The monoisotopic (exact) mass is 438 g/mol. The van der Waals surface area contributed by atoms with Crippen molar-refractivity contribution in [2.24, 2.45) is 0 Å². The van der Waals surface area contributed by atoms with Crippen LogP contribution in [0.15, 0.2) is 36.7 Å². The third kappa shape index (κ3) is 5.52. The third-order valence-corrected chi connectivity index (χ3v) is 10.3. The molecule has 1 saturated heterocycles. The Morgan fingerprint density at radius 1 is 1.10 bits per heavy atom. The molecule has 0 aromatic carbocycles. The van der Waals surface area contributed by atoms with Gasteiger partial charge in [-0.25, -0.2) is 14.8 Å². The maximum absolute atomic E-state index is 12.6. The van der Waals surface area contributed by atoms with E-state index >= 15 is 0 Å². The first-order valence-electron chi connectivity index (χ1n) is 10.4. The summed E-state index contributed by atoms with van der Waals surface area (Å²) in [5.74, 6) is 2.05. The Balaban J connectivity index is 1.52. The van der Waals surface area contributed by atoms with E-state index in [1.54, 1.807) is 29.4 Å². The van der Waals surface area contributed by atoms with Gasteiger partial charge in [0.15, 0.2) is 0 Å². The highest BCUT2D eigenvalue weighted by Gasteiger charge is 2.39. The number of rotatable bonds is 4. The van der Waals surface area contributed by atoms with E-state index in [0.29, 0.717) is 37.6 Å². The molecule has 0 bridgehead atoms. The summed E-state index contributed by atoms with van der Waals surface area (Å²) < 4.78 is 6.23. The van der Waals surface area contributed by atoms with Crippen LogP contribution in [0.2, 0.25) is 18.1 Å². The number of hydrogen-bond acceptors (Lipinski definition) is 6. The lowest BCUT2D eigenvalue weighted by Gasteiger charge is -2.36. The lowest BCUT2D eigenvalue weighted by molar-refractivity contribution is 0.208. The molecule has 2 aromatic rings. The highest BCUT2D eigenvalue weighted by Crippen LogP contribution is 2.37. The number of hydrogen-bond donors (Lipinski definition) is 1. The van der Waals surface area contributed by atoms with Crippen molar-refractivity contribution >= 4 is 26.0 Å². The summed E-state index contributed by atoms with van der Waals surface area (Å²) in [6.45, 7) is 13.5. The van der Waals surface area contributed by atoms with Gasteiger partial charge in [0, 0.05) is 32.4 Å². The van der Waals surface area contributed by atoms with Crippen LogP contribution in [0.4, 0.5) is 16.4 Å². The number of piperazine rings is 1. The average Bonchev–Trinajstić information content (AvgIpc) is 2.74. The lowest BCUT2D eigenvalue weighted by atomic mass is 10.2. The first kappa shape index (κ1) is 22.6. The van der Waals surface area contributed by atoms with E-state index in [4.69, 9.17) is 9.69 Å². The van der Waals surface area contributed by atoms with Crippen LogP contribution in [-0.4, -0.2) is 55.4 Å². The molecule has 164 valence electrons. The summed E-state index contributed by atoms with van der Waals surface area (Å²) in [5, 5.41) is 11.9. The van der Waals surface area contributed by atoms with Gasteiger partial charge in [-0.15, -0.1) is 0 Å². The van der Waals surface area contributed by atoms with Crippen LogP contribution in [0.1, 0.15) is 26.3 Å². The van der Waals surface area contributed by atoms with E-state index < -0.39 is 8.32 Å². The van der Waals surface area contributed by atoms with Crippen LogP contribution in [-0.2, 0) is 0 Å². The van der Waals surface area contributed by atoms with Gasteiger partial charge in [-0.1, -0.05) is 20.8 Å². The van der Waals surface area contributed by atoms with Gasteiger partial charge in [-0.3, -0.25) is 5.32 Å². The molecule has 3 heterocycles. The van der Waals surface area contributed by atoms with Gasteiger partial charge in [-0.2, -0.15) is 5.26 Å². The number of pyridine rings is 2. The van der Waals surface area contributed by atoms with Gasteiger partial charge < -0.3 is 14.2 Å². The van der Waals surface area contributed by atoms with Gasteiger partial charge in [0.05, 0.1) is 11.8 Å². The summed E-state index contributed by atoms with van der Waals surface area (Å²) in [6.07, 6.45) is 3.24. The van der Waals surface area contributed by atoms with Gasteiger partial charge in [-0.05, 0) is 42.4 Å².